The summed E-state index contributed by atoms with van der Waals surface area (Å²) >= 11 is 0. The molecule has 0 saturated carbocycles. The Hall–Kier alpha value is -1.36. The number of nitrogens with zero attached hydrogens (tertiary/aromatic N) is 1. The number of carboxylic acid groups (broad SMARTS) is 1. The first-order chi connectivity index (χ1) is 8.18. The van der Waals surface area contributed by atoms with Gasteiger partial charge in [0.25, 0.3) is 0 Å². The van der Waals surface area contributed by atoms with Crippen LogP contribution in [-0.2, 0) is 9.59 Å². The van der Waals surface area contributed by atoms with Crippen LogP contribution < -0.4 is 5.32 Å². The van der Waals surface area contributed by atoms with Crippen LogP contribution in [0.15, 0.2) is 12.2 Å². The number of likely N-dealkylation sites (tertiary alicyclic amines) is 1. The van der Waals surface area contributed by atoms with Crippen molar-refractivity contribution in [1.29, 1.82) is 0 Å². The molecule has 0 atom stereocenters. The molecule has 0 bridgehead atoms. The predicted octanol–water partition coefficient (Wildman–Crippen LogP) is 0.619. The lowest BCUT2D eigenvalue weighted by Crippen LogP contribution is -2.33. The number of carbonyl (C=O) groups excluding carboxylic acids is 1. The van der Waals surface area contributed by atoms with Crippen molar-refractivity contribution >= 4 is 11.9 Å². The van der Waals surface area contributed by atoms with E-state index in [1.54, 1.807) is 0 Å². The number of carbonyl (C=O) groups is 2. The maximum atomic E-state index is 11.1. The van der Waals surface area contributed by atoms with Crippen molar-refractivity contribution < 1.29 is 14.7 Å². The number of aliphatic carboxylic acids is 1. The molecule has 0 aromatic rings. The second-order valence-corrected chi connectivity index (χ2v) is 4.22. The number of piperidine rings is 1. The Morgan fingerprint density at radius 3 is 2.53 bits per heavy atom. The van der Waals surface area contributed by atoms with Gasteiger partial charge in [-0.25, -0.2) is 4.79 Å². The normalized spacial score (nSPS) is 17.2. The lowest BCUT2D eigenvalue weighted by Gasteiger charge is -2.26. The Kier molecular flexibility index (Phi) is 6.32. The van der Waals surface area contributed by atoms with Gasteiger partial charge in [0.15, 0.2) is 0 Å². The molecular weight excluding hydrogens is 220 g/mol. The highest BCUT2D eigenvalue weighted by atomic mass is 16.4. The van der Waals surface area contributed by atoms with Crippen molar-refractivity contribution in [2.24, 2.45) is 0 Å². The molecule has 0 radical (unpaired) electrons. The first-order valence-electron chi connectivity index (χ1n) is 6.09. The summed E-state index contributed by atoms with van der Waals surface area (Å²) in [7, 11) is 0. The van der Waals surface area contributed by atoms with Crippen molar-refractivity contribution in [2.75, 3.05) is 26.2 Å². The molecule has 5 heteroatoms. The zero-order chi connectivity index (χ0) is 12.5. The summed E-state index contributed by atoms with van der Waals surface area (Å²) in [6, 6.07) is 0. The van der Waals surface area contributed by atoms with Crippen LogP contribution in [0.1, 0.15) is 25.7 Å². The second kappa shape index (κ2) is 7.84. The summed E-state index contributed by atoms with van der Waals surface area (Å²) in [6.45, 7) is 3.92. The van der Waals surface area contributed by atoms with E-state index in [-0.39, 0.29) is 5.91 Å². The first kappa shape index (κ1) is 13.7. The van der Waals surface area contributed by atoms with Gasteiger partial charge >= 0.3 is 5.97 Å². The number of hydrogen-bond donors (Lipinski definition) is 2. The number of rotatable bonds is 6. The maximum Gasteiger partial charge on any atom is 0.328 e. The van der Waals surface area contributed by atoms with E-state index in [0.717, 1.165) is 38.2 Å². The smallest absolute Gasteiger partial charge is 0.328 e. The SMILES string of the molecule is O=C(O)C=CC(=O)NCCCN1CCCCC1. The summed E-state index contributed by atoms with van der Waals surface area (Å²) < 4.78 is 0. The van der Waals surface area contributed by atoms with Gasteiger partial charge in [-0.1, -0.05) is 6.42 Å². The van der Waals surface area contributed by atoms with Crippen LogP contribution in [0.2, 0.25) is 0 Å². The van der Waals surface area contributed by atoms with Gasteiger partial charge in [-0.3, -0.25) is 4.79 Å². The minimum atomic E-state index is -1.10. The molecule has 0 spiro atoms. The molecule has 1 saturated heterocycles. The third-order valence-electron chi connectivity index (χ3n) is 2.78. The van der Waals surface area contributed by atoms with Crippen molar-refractivity contribution in [2.45, 2.75) is 25.7 Å². The third-order valence-corrected chi connectivity index (χ3v) is 2.78. The number of carboxylic acids is 1. The van der Waals surface area contributed by atoms with E-state index in [2.05, 4.69) is 10.2 Å². The standard InChI is InChI=1S/C12H20N2O3/c15-11(5-6-12(16)17)13-7-4-10-14-8-2-1-3-9-14/h5-6H,1-4,7-10H2,(H,13,15)(H,16,17). The van der Waals surface area contributed by atoms with Gasteiger partial charge in [0.1, 0.15) is 0 Å². The number of nitrogens with one attached hydrogen (secondary N) is 1. The summed E-state index contributed by atoms with van der Waals surface area (Å²) in [5, 5.41) is 11.0. The van der Waals surface area contributed by atoms with Crippen LogP contribution in [0, 0.1) is 0 Å². The van der Waals surface area contributed by atoms with Gasteiger partial charge in [-0.15, -0.1) is 0 Å². The molecule has 96 valence electrons. The van der Waals surface area contributed by atoms with Gasteiger partial charge < -0.3 is 15.3 Å². The highest BCUT2D eigenvalue weighted by Crippen LogP contribution is 2.08. The molecule has 1 rings (SSSR count). The van der Waals surface area contributed by atoms with Crippen LogP contribution in [0.4, 0.5) is 0 Å². The van der Waals surface area contributed by atoms with Crippen LogP contribution >= 0.6 is 0 Å². The van der Waals surface area contributed by atoms with Crippen LogP contribution in [0.25, 0.3) is 0 Å². The third kappa shape index (κ3) is 6.73. The van der Waals surface area contributed by atoms with Gasteiger partial charge in [-0.05, 0) is 38.9 Å². The molecule has 1 heterocycles. The molecule has 0 unspecified atom stereocenters. The minimum absolute atomic E-state index is 0.342. The zero-order valence-electron chi connectivity index (χ0n) is 10.0. The van der Waals surface area contributed by atoms with Gasteiger partial charge in [-0.2, -0.15) is 0 Å². The van der Waals surface area contributed by atoms with Crippen molar-refractivity contribution in [3.05, 3.63) is 12.2 Å². The topological polar surface area (TPSA) is 69.6 Å². The predicted molar refractivity (Wildman–Crippen MR) is 64.7 cm³/mol. The fourth-order valence-corrected chi connectivity index (χ4v) is 1.90. The molecule has 1 aliphatic heterocycles. The molecule has 0 aromatic heterocycles. The second-order valence-electron chi connectivity index (χ2n) is 4.22. The number of hydrogen-bond acceptors (Lipinski definition) is 3. The Bertz CT molecular complexity index is 283. The summed E-state index contributed by atoms with van der Waals surface area (Å²) in [6.07, 6.45) is 6.67. The molecular formula is C12H20N2O3. The average molecular weight is 240 g/mol. The Morgan fingerprint density at radius 2 is 1.88 bits per heavy atom. The van der Waals surface area contributed by atoms with Crippen LogP contribution in [-0.4, -0.2) is 48.1 Å². The number of amides is 1. The minimum Gasteiger partial charge on any atom is -0.478 e. The van der Waals surface area contributed by atoms with Crippen LogP contribution in [0.3, 0.4) is 0 Å². The van der Waals surface area contributed by atoms with E-state index in [0.29, 0.717) is 6.54 Å². The first-order valence-corrected chi connectivity index (χ1v) is 6.09. The van der Waals surface area contributed by atoms with Gasteiger partial charge in [0, 0.05) is 18.7 Å². The lowest BCUT2D eigenvalue weighted by atomic mass is 10.1. The van der Waals surface area contributed by atoms with E-state index in [4.69, 9.17) is 5.11 Å². The van der Waals surface area contributed by atoms with Gasteiger partial charge in [0.2, 0.25) is 5.91 Å². The molecule has 1 fully saturated rings. The quantitative estimate of drug-likeness (QED) is 0.527. The van der Waals surface area contributed by atoms with Crippen molar-refractivity contribution in [1.82, 2.24) is 10.2 Å². The summed E-state index contributed by atoms with van der Waals surface area (Å²) in [5.74, 6) is -1.44. The Morgan fingerprint density at radius 1 is 1.18 bits per heavy atom. The molecule has 2 N–H and O–H groups in total. The molecule has 17 heavy (non-hydrogen) atoms. The van der Waals surface area contributed by atoms with Crippen molar-refractivity contribution in [3.8, 4) is 0 Å². The average Bonchev–Trinajstić information content (AvgIpc) is 2.33. The van der Waals surface area contributed by atoms with E-state index < -0.39 is 5.97 Å². The Labute approximate surface area is 101 Å². The Balaban J connectivity index is 2.03. The molecule has 0 aromatic carbocycles. The van der Waals surface area contributed by atoms with E-state index in [9.17, 15) is 9.59 Å². The van der Waals surface area contributed by atoms with E-state index in [1.165, 1.54) is 19.3 Å². The summed E-state index contributed by atoms with van der Waals surface area (Å²) in [5.41, 5.74) is 0. The summed E-state index contributed by atoms with van der Waals surface area (Å²) in [4.78, 5) is 23.7. The maximum absolute atomic E-state index is 11.1. The van der Waals surface area contributed by atoms with E-state index >= 15 is 0 Å². The van der Waals surface area contributed by atoms with Crippen LogP contribution in [0.5, 0.6) is 0 Å². The fourth-order valence-electron chi connectivity index (χ4n) is 1.90. The highest BCUT2D eigenvalue weighted by molar-refractivity contribution is 5.93. The largest absolute Gasteiger partial charge is 0.478 e. The fraction of sp³-hybridized carbons (Fsp3) is 0.667. The zero-order valence-corrected chi connectivity index (χ0v) is 10.0. The van der Waals surface area contributed by atoms with Crippen molar-refractivity contribution in [3.63, 3.8) is 0 Å². The van der Waals surface area contributed by atoms with Gasteiger partial charge in [0.05, 0.1) is 0 Å². The van der Waals surface area contributed by atoms with E-state index in [1.807, 2.05) is 0 Å². The molecule has 1 amide bonds. The molecule has 5 nitrogen and oxygen atoms in total. The highest BCUT2D eigenvalue weighted by Gasteiger charge is 2.08. The lowest BCUT2D eigenvalue weighted by molar-refractivity contribution is -0.131. The molecule has 1 aliphatic rings. The molecule has 0 aliphatic carbocycles. The monoisotopic (exact) mass is 240 g/mol.